The summed E-state index contributed by atoms with van der Waals surface area (Å²) in [4.78, 5) is 21.4. The molecular formula is C20H28O5. The van der Waals surface area contributed by atoms with Gasteiger partial charge in [0.15, 0.2) is 6.10 Å². The van der Waals surface area contributed by atoms with Crippen LogP contribution in [0.2, 0.25) is 0 Å². The normalized spacial score (nSPS) is 11.8. The smallest absolute Gasteiger partial charge is 0.304 e. The lowest BCUT2D eigenvalue weighted by atomic mass is 10.1. The van der Waals surface area contributed by atoms with Crippen molar-refractivity contribution < 1.29 is 24.2 Å². The number of rotatable bonds is 11. The molecule has 0 amide bonds. The molecule has 25 heavy (non-hydrogen) atoms. The van der Waals surface area contributed by atoms with E-state index < -0.39 is 18.2 Å². The fourth-order valence-corrected chi connectivity index (χ4v) is 1.98. The molecule has 0 aromatic carbocycles. The van der Waals surface area contributed by atoms with Crippen LogP contribution in [0.15, 0.2) is 12.7 Å². The largest absolute Gasteiger partial charge is 0.466 e. The second-order valence-corrected chi connectivity index (χ2v) is 5.57. The van der Waals surface area contributed by atoms with Gasteiger partial charge < -0.3 is 14.6 Å². The van der Waals surface area contributed by atoms with E-state index in [1.807, 2.05) is 0 Å². The maximum Gasteiger partial charge on any atom is 0.304 e. The van der Waals surface area contributed by atoms with Crippen LogP contribution in [0.3, 0.4) is 0 Å². The number of aliphatic hydroxyl groups excluding tert-OH is 1. The van der Waals surface area contributed by atoms with E-state index in [0.717, 1.165) is 38.5 Å². The SMILES string of the molecule is C=C[C@H](C#CC#C[C@@H](O)CCCCCCCCOC(C)=O)OC(C)=O. The van der Waals surface area contributed by atoms with Crippen molar-refractivity contribution in [2.45, 2.75) is 71.0 Å². The van der Waals surface area contributed by atoms with Gasteiger partial charge in [0.2, 0.25) is 0 Å². The third kappa shape index (κ3) is 16.4. The van der Waals surface area contributed by atoms with Gasteiger partial charge in [0, 0.05) is 13.8 Å². The second-order valence-electron chi connectivity index (χ2n) is 5.57. The quantitative estimate of drug-likeness (QED) is 0.269. The number of unbranched alkanes of at least 4 members (excludes halogenated alkanes) is 5. The molecular weight excluding hydrogens is 320 g/mol. The third-order valence-electron chi connectivity index (χ3n) is 3.20. The van der Waals surface area contributed by atoms with Gasteiger partial charge in [-0.2, -0.15) is 0 Å². The zero-order chi connectivity index (χ0) is 18.9. The van der Waals surface area contributed by atoms with E-state index in [1.54, 1.807) is 0 Å². The number of esters is 2. The summed E-state index contributed by atoms with van der Waals surface area (Å²) in [5, 5.41) is 9.75. The average Bonchev–Trinajstić information content (AvgIpc) is 2.55. The molecule has 0 unspecified atom stereocenters. The summed E-state index contributed by atoms with van der Waals surface area (Å²) in [7, 11) is 0. The molecule has 2 atom stereocenters. The molecule has 0 aromatic heterocycles. The number of hydrogen-bond acceptors (Lipinski definition) is 5. The van der Waals surface area contributed by atoms with Crippen LogP contribution in [0.4, 0.5) is 0 Å². The van der Waals surface area contributed by atoms with E-state index in [2.05, 4.69) is 30.3 Å². The Morgan fingerprint density at radius 2 is 1.60 bits per heavy atom. The number of ether oxygens (including phenoxy) is 2. The standard InChI is InChI=1S/C20H28O5/c1-4-20(25-18(3)22)15-11-10-14-19(23)13-9-7-5-6-8-12-16-24-17(2)21/h4,19-20,23H,1,5-9,12-13,16H2,2-3H3/t19-,20+/m0/s1. The molecule has 0 radical (unpaired) electrons. The fourth-order valence-electron chi connectivity index (χ4n) is 1.98. The van der Waals surface area contributed by atoms with Gasteiger partial charge in [0.1, 0.15) is 6.10 Å². The molecule has 0 aliphatic rings. The summed E-state index contributed by atoms with van der Waals surface area (Å²) in [5.41, 5.74) is 0. The predicted molar refractivity (Wildman–Crippen MR) is 96.3 cm³/mol. The monoisotopic (exact) mass is 348 g/mol. The lowest BCUT2D eigenvalue weighted by molar-refractivity contribution is -0.142. The van der Waals surface area contributed by atoms with E-state index in [-0.39, 0.29) is 5.97 Å². The molecule has 1 N–H and O–H groups in total. The van der Waals surface area contributed by atoms with Crippen LogP contribution in [-0.2, 0) is 19.1 Å². The zero-order valence-electron chi connectivity index (χ0n) is 15.2. The highest BCUT2D eigenvalue weighted by atomic mass is 16.5. The van der Waals surface area contributed by atoms with Gasteiger partial charge in [-0.05, 0) is 43.1 Å². The Balaban J connectivity index is 3.75. The minimum atomic E-state index is -0.700. The van der Waals surface area contributed by atoms with Crippen molar-refractivity contribution >= 4 is 11.9 Å². The minimum absolute atomic E-state index is 0.230. The minimum Gasteiger partial charge on any atom is -0.466 e. The number of hydrogen-bond donors (Lipinski definition) is 1. The van der Waals surface area contributed by atoms with Gasteiger partial charge in [-0.1, -0.05) is 38.2 Å². The van der Waals surface area contributed by atoms with Gasteiger partial charge in [-0.15, -0.1) is 0 Å². The molecule has 0 saturated carbocycles. The van der Waals surface area contributed by atoms with Crippen molar-refractivity contribution in [2.75, 3.05) is 6.61 Å². The van der Waals surface area contributed by atoms with Crippen LogP contribution in [0.25, 0.3) is 0 Å². The number of carbonyl (C=O) groups excluding carboxylic acids is 2. The predicted octanol–water partition coefficient (Wildman–Crippen LogP) is 2.77. The first kappa shape index (κ1) is 22.8. The van der Waals surface area contributed by atoms with Gasteiger partial charge >= 0.3 is 11.9 Å². The van der Waals surface area contributed by atoms with Crippen LogP contribution in [0.1, 0.15) is 58.8 Å². The van der Waals surface area contributed by atoms with Crippen LogP contribution in [-0.4, -0.2) is 35.9 Å². The highest BCUT2D eigenvalue weighted by Gasteiger charge is 2.02. The van der Waals surface area contributed by atoms with Gasteiger partial charge in [0.25, 0.3) is 0 Å². The molecule has 0 aliphatic heterocycles. The maximum atomic E-state index is 10.8. The van der Waals surface area contributed by atoms with Crippen LogP contribution < -0.4 is 0 Å². The van der Waals surface area contributed by atoms with Gasteiger partial charge in [-0.25, -0.2) is 0 Å². The number of aliphatic hydroxyl groups is 1. The first-order chi connectivity index (χ1) is 12.0. The Morgan fingerprint density at radius 3 is 2.20 bits per heavy atom. The van der Waals surface area contributed by atoms with E-state index in [0.29, 0.717) is 13.0 Å². The van der Waals surface area contributed by atoms with E-state index in [9.17, 15) is 14.7 Å². The molecule has 5 heteroatoms. The molecule has 0 bridgehead atoms. The second kappa shape index (κ2) is 15.3. The third-order valence-corrected chi connectivity index (χ3v) is 3.20. The number of carbonyl (C=O) groups is 2. The summed E-state index contributed by atoms with van der Waals surface area (Å²) in [6.07, 6.45) is 6.69. The van der Waals surface area contributed by atoms with E-state index >= 15 is 0 Å². The molecule has 0 fully saturated rings. The van der Waals surface area contributed by atoms with Crippen molar-refractivity contribution in [3.8, 4) is 23.7 Å². The summed E-state index contributed by atoms with van der Waals surface area (Å²) in [6, 6.07) is 0. The first-order valence-corrected chi connectivity index (χ1v) is 8.58. The van der Waals surface area contributed by atoms with Crippen molar-refractivity contribution in [3.05, 3.63) is 12.7 Å². The van der Waals surface area contributed by atoms with Gasteiger partial charge in [-0.3, -0.25) is 9.59 Å². The summed E-state index contributed by atoms with van der Waals surface area (Å²) in [5.74, 6) is 9.75. The highest BCUT2D eigenvalue weighted by Crippen LogP contribution is 2.08. The zero-order valence-corrected chi connectivity index (χ0v) is 15.2. The van der Waals surface area contributed by atoms with Crippen molar-refractivity contribution in [1.82, 2.24) is 0 Å². The molecule has 0 aromatic rings. The molecule has 5 nitrogen and oxygen atoms in total. The lowest BCUT2D eigenvalue weighted by Gasteiger charge is -2.04. The molecule has 0 heterocycles. The molecule has 138 valence electrons. The highest BCUT2D eigenvalue weighted by molar-refractivity contribution is 5.66. The van der Waals surface area contributed by atoms with Crippen molar-refractivity contribution in [3.63, 3.8) is 0 Å². The Kier molecular flexibility index (Phi) is 13.9. The Bertz CT molecular complexity index is 530. The van der Waals surface area contributed by atoms with Crippen molar-refractivity contribution in [2.24, 2.45) is 0 Å². The Labute approximate surface area is 150 Å². The molecule has 0 rings (SSSR count). The van der Waals surface area contributed by atoms with Gasteiger partial charge in [0.05, 0.1) is 6.61 Å². The molecule has 0 spiro atoms. The molecule has 0 aliphatic carbocycles. The molecule has 0 saturated heterocycles. The van der Waals surface area contributed by atoms with Crippen LogP contribution in [0, 0.1) is 23.7 Å². The Hall–Kier alpha value is -2.24. The fraction of sp³-hybridized carbons (Fsp3) is 0.600. The van der Waals surface area contributed by atoms with Crippen molar-refractivity contribution in [1.29, 1.82) is 0 Å². The van der Waals surface area contributed by atoms with E-state index in [1.165, 1.54) is 19.9 Å². The average molecular weight is 348 g/mol. The first-order valence-electron chi connectivity index (χ1n) is 8.58. The lowest BCUT2D eigenvalue weighted by Crippen LogP contribution is -2.10. The summed E-state index contributed by atoms with van der Waals surface area (Å²) < 4.78 is 9.72. The topological polar surface area (TPSA) is 72.8 Å². The Morgan fingerprint density at radius 1 is 1.00 bits per heavy atom. The van der Waals surface area contributed by atoms with Crippen LogP contribution >= 0.6 is 0 Å². The maximum absolute atomic E-state index is 10.8. The summed E-state index contributed by atoms with van der Waals surface area (Å²) in [6.45, 7) is 6.73. The van der Waals surface area contributed by atoms with E-state index in [4.69, 9.17) is 9.47 Å². The van der Waals surface area contributed by atoms with Crippen LogP contribution in [0.5, 0.6) is 0 Å². The summed E-state index contributed by atoms with van der Waals surface area (Å²) >= 11 is 0.